The Morgan fingerprint density at radius 2 is 2.07 bits per heavy atom. The first-order valence-electron chi connectivity index (χ1n) is 5.80. The summed E-state index contributed by atoms with van der Waals surface area (Å²) in [5, 5.41) is 3.42. The fraction of sp³-hybridized carbons (Fsp3) is 0.538. The maximum atomic E-state index is 3.42. The van der Waals surface area contributed by atoms with Crippen LogP contribution in [0.3, 0.4) is 0 Å². The van der Waals surface area contributed by atoms with E-state index in [2.05, 4.69) is 52.2 Å². The maximum absolute atomic E-state index is 3.42. The Morgan fingerprint density at radius 1 is 1.27 bits per heavy atom. The molecule has 82 valence electrons. The van der Waals surface area contributed by atoms with Gasteiger partial charge in [-0.1, -0.05) is 12.1 Å². The van der Waals surface area contributed by atoms with Gasteiger partial charge in [-0.2, -0.15) is 0 Å². The molecule has 1 heterocycles. The molecule has 1 N–H and O–H groups in total. The number of hydrogen-bond donors (Lipinski definition) is 1. The quantitative estimate of drug-likeness (QED) is 0.845. The fourth-order valence-corrected chi connectivity index (χ4v) is 2.84. The van der Waals surface area contributed by atoms with Crippen LogP contribution in [0.2, 0.25) is 0 Å². The van der Waals surface area contributed by atoms with Gasteiger partial charge in [-0.3, -0.25) is 0 Å². The molecule has 0 aromatic heterocycles. The lowest BCUT2D eigenvalue weighted by Crippen LogP contribution is -2.27. The molecule has 1 saturated heterocycles. The Kier molecular flexibility index (Phi) is 4.44. The zero-order valence-electron chi connectivity index (χ0n) is 9.01. The highest BCUT2D eigenvalue weighted by Gasteiger charge is 2.12. The average molecular weight is 315 g/mol. The molecule has 2 rings (SSSR count). The van der Waals surface area contributed by atoms with Crippen molar-refractivity contribution in [1.29, 1.82) is 0 Å². The lowest BCUT2D eigenvalue weighted by molar-refractivity contribution is 0.354. The number of benzene rings is 1. The Hall–Kier alpha value is -0.0900. The predicted octanol–water partition coefficient (Wildman–Crippen LogP) is 3.22. The molecule has 0 bridgehead atoms. The molecule has 0 spiro atoms. The number of halogens is 1. The number of nitrogens with one attached hydrogen (secondary N) is 1. The molecule has 15 heavy (non-hydrogen) atoms. The van der Waals surface area contributed by atoms with E-state index < -0.39 is 0 Å². The zero-order chi connectivity index (χ0) is 10.5. The van der Waals surface area contributed by atoms with Crippen molar-refractivity contribution in [2.75, 3.05) is 13.1 Å². The molecular weight excluding hydrogens is 297 g/mol. The second-order valence-corrected chi connectivity index (χ2v) is 5.61. The maximum Gasteiger partial charge on any atom is 0.0133 e. The highest BCUT2D eigenvalue weighted by molar-refractivity contribution is 14.1. The van der Waals surface area contributed by atoms with E-state index in [0.29, 0.717) is 0 Å². The molecule has 0 saturated carbocycles. The summed E-state index contributed by atoms with van der Waals surface area (Å²) in [4.78, 5) is 0. The van der Waals surface area contributed by atoms with Crippen LogP contribution >= 0.6 is 22.6 Å². The molecule has 0 radical (unpaired) electrons. The van der Waals surface area contributed by atoms with Gasteiger partial charge in [0.25, 0.3) is 0 Å². The molecule has 1 aromatic rings. The molecule has 1 aliphatic heterocycles. The van der Waals surface area contributed by atoms with Crippen LogP contribution in [-0.4, -0.2) is 13.1 Å². The van der Waals surface area contributed by atoms with E-state index in [9.17, 15) is 0 Å². The van der Waals surface area contributed by atoms with Crippen LogP contribution in [0.1, 0.15) is 24.8 Å². The molecule has 1 aliphatic rings. The van der Waals surface area contributed by atoms with Gasteiger partial charge < -0.3 is 5.32 Å². The average Bonchev–Trinajstić information content (AvgIpc) is 2.28. The minimum atomic E-state index is 0.948. The summed E-state index contributed by atoms with van der Waals surface area (Å²) in [6, 6.07) is 8.89. The molecule has 1 nitrogen and oxygen atoms in total. The van der Waals surface area contributed by atoms with E-state index in [-0.39, 0.29) is 0 Å². The van der Waals surface area contributed by atoms with Crippen molar-refractivity contribution in [3.63, 3.8) is 0 Å². The third-order valence-corrected chi connectivity index (χ3v) is 3.86. The monoisotopic (exact) mass is 315 g/mol. The highest BCUT2D eigenvalue weighted by Crippen LogP contribution is 2.19. The van der Waals surface area contributed by atoms with Crippen molar-refractivity contribution in [3.8, 4) is 0 Å². The van der Waals surface area contributed by atoms with Gasteiger partial charge in [0.2, 0.25) is 0 Å². The lowest BCUT2D eigenvalue weighted by atomic mass is 9.91. The molecule has 0 atom stereocenters. The van der Waals surface area contributed by atoms with E-state index >= 15 is 0 Å². The van der Waals surface area contributed by atoms with Gasteiger partial charge >= 0.3 is 0 Å². The number of hydrogen-bond acceptors (Lipinski definition) is 1. The molecule has 0 aliphatic carbocycles. The van der Waals surface area contributed by atoms with Crippen LogP contribution in [-0.2, 0) is 6.42 Å². The standard InChI is InChI=1S/C13H18IN/c14-13-3-1-2-12(10-13)5-4-11-6-8-15-9-7-11/h1-3,10-11,15H,4-9H2. The normalized spacial score (nSPS) is 17.9. The summed E-state index contributed by atoms with van der Waals surface area (Å²) < 4.78 is 1.36. The number of piperidine rings is 1. The summed E-state index contributed by atoms with van der Waals surface area (Å²) in [5.41, 5.74) is 1.50. The van der Waals surface area contributed by atoms with Gasteiger partial charge in [-0.15, -0.1) is 0 Å². The highest BCUT2D eigenvalue weighted by atomic mass is 127. The minimum Gasteiger partial charge on any atom is -0.317 e. The van der Waals surface area contributed by atoms with E-state index in [1.54, 1.807) is 0 Å². The first kappa shape index (κ1) is 11.4. The van der Waals surface area contributed by atoms with E-state index in [0.717, 1.165) is 5.92 Å². The van der Waals surface area contributed by atoms with Gasteiger partial charge in [0.15, 0.2) is 0 Å². The van der Waals surface area contributed by atoms with E-state index in [1.807, 2.05) is 0 Å². The van der Waals surface area contributed by atoms with Crippen LogP contribution in [0.15, 0.2) is 24.3 Å². The lowest BCUT2D eigenvalue weighted by Gasteiger charge is -2.22. The van der Waals surface area contributed by atoms with Gasteiger partial charge in [-0.05, 0) is 85.0 Å². The van der Waals surface area contributed by atoms with Crippen molar-refractivity contribution >= 4 is 22.6 Å². The Balaban J connectivity index is 1.81. The summed E-state index contributed by atoms with van der Waals surface area (Å²) in [7, 11) is 0. The van der Waals surface area contributed by atoms with Crippen molar-refractivity contribution in [2.24, 2.45) is 5.92 Å². The summed E-state index contributed by atoms with van der Waals surface area (Å²) >= 11 is 2.39. The second kappa shape index (κ2) is 5.85. The van der Waals surface area contributed by atoms with Crippen LogP contribution in [0.25, 0.3) is 0 Å². The minimum absolute atomic E-state index is 0.948. The van der Waals surface area contributed by atoms with E-state index in [4.69, 9.17) is 0 Å². The summed E-state index contributed by atoms with van der Waals surface area (Å²) in [6.45, 7) is 2.44. The van der Waals surface area contributed by atoms with Crippen LogP contribution in [0, 0.1) is 9.49 Å². The second-order valence-electron chi connectivity index (χ2n) is 4.36. The third-order valence-electron chi connectivity index (χ3n) is 3.19. The smallest absolute Gasteiger partial charge is 0.0133 e. The number of rotatable bonds is 3. The Morgan fingerprint density at radius 3 is 2.80 bits per heavy atom. The fourth-order valence-electron chi connectivity index (χ4n) is 2.23. The Labute approximate surface area is 106 Å². The molecular formula is C13H18IN. The van der Waals surface area contributed by atoms with Crippen molar-refractivity contribution in [3.05, 3.63) is 33.4 Å². The largest absolute Gasteiger partial charge is 0.317 e. The van der Waals surface area contributed by atoms with Gasteiger partial charge in [-0.25, -0.2) is 0 Å². The SMILES string of the molecule is Ic1cccc(CCC2CCNCC2)c1. The topological polar surface area (TPSA) is 12.0 Å². The molecule has 0 amide bonds. The first-order chi connectivity index (χ1) is 7.34. The van der Waals surface area contributed by atoms with Gasteiger partial charge in [0.1, 0.15) is 0 Å². The van der Waals surface area contributed by atoms with Crippen LogP contribution in [0.5, 0.6) is 0 Å². The van der Waals surface area contributed by atoms with Crippen molar-refractivity contribution in [2.45, 2.75) is 25.7 Å². The number of aryl methyl sites for hydroxylation is 1. The van der Waals surface area contributed by atoms with Gasteiger partial charge in [0, 0.05) is 3.57 Å². The van der Waals surface area contributed by atoms with E-state index in [1.165, 1.54) is 47.9 Å². The first-order valence-corrected chi connectivity index (χ1v) is 6.87. The molecule has 0 unspecified atom stereocenters. The Bertz CT molecular complexity index is 305. The summed E-state index contributed by atoms with van der Waals surface area (Å²) in [6.07, 6.45) is 5.34. The third kappa shape index (κ3) is 3.76. The summed E-state index contributed by atoms with van der Waals surface area (Å²) in [5.74, 6) is 0.948. The molecule has 1 fully saturated rings. The molecule has 1 aromatic carbocycles. The molecule has 2 heteroatoms. The van der Waals surface area contributed by atoms with Crippen molar-refractivity contribution in [1.82, 2.24) is 5.32 Å². The zero-order valence-corrected chi connectivity index (χ0v) is 11.2. The van der Waals surface area contributed by atoms with Gasteiger partial charge in [0.05, 0.1) is 0 Å². The predicted molar refractivity (Wildman–Crippen MR) is 73.1 cm³/mol. The van der Waals surface area contributed by atoms with Crippen molar-refractivity contribution < 1.29 is 0 Å². The van der Waals surface area contributed by atoms with Crippen LogP contribution < -0.4 is 5.32 Å². The van der Waals surface area contributed by atoms with Crippen LogP contribution in [0.4, 0.5) is 0 Å².